The summed E-state index contributed by atoms with van der Waals surface area (Å²) in [5.41, 5.74) is 3.06. The first-order chi connectivity index (χ1) is 14.3. The van der Waals surface area contributed by atoms with Gasteiger partial charge in [0.2, 0.25) is 0 Å². The predicted octanol–water partition coefficient (Wildman–Crippen LogP) is 3.11. The lowest BCUT2D eigenvalue weighted by Crippen LogP contribution is -2.15. The van der Waals surface area contributed by atoms with Crippen molar-refractivity contribution in [1.29, 1.82) is 0 Å². The lowest BCUT2D eigenvalue weighted by molar-refractivity contribution is 0.292. The number of aryl methyl sites for hydroxylation is 1. The van der Waals surface area contributed by atoms with Gasteiger partial charge in [0.25, 0.3) is 10.1 Å². The Balaban J connectivity index is 1.97. The van der Waals surface area contributed by atoms with Gasteiger partial charge < -0.3 is 4.74 Å². The van der Waals surface area contributed by atoms with Crippen molar-refractivity contribution in [1.82, 2.24) is 14.8 Å². The zero-order chi connectivity index (χ0) is 21.5. The molecule has 0 bridgehead atoms. The Morgan fingerprint density at radius 2 is 1.87 bits per heavy atom. The number of hydrogen-bond donors (Lipinski definition) is 0. The molecule has 0 radical (unpaired) electrons. The van der Waals surface area contributed by atoms with Gasteiger partial charge in [-0.05, 0) is 37.3 Å². The number of benzene rings is 2. The number of rotatable bonds is 5. The number of nitrogens with zero attached hydrogens (tertiary/aromatic N) is 4. The van der Waals surface area contributed by atoms with Crippen LogP contribution in [-0.4, -0.2) is 48.9 Å². The van der Waals surface area contributed by atoms with Gasteiger partial charge in [0, 0.05) is 16.1 Å². The summed E-state index contributed by atoms with van der Waals surface area (Å²) in [6, 6.07) is 12.2. The van der Waals surface area contributed by atoms with Crippen LogP contribution in [0.15, 0.2) is 47.5 Å². The van der Waals surface area contributed by atoms with Crippen molar-refractivity contribution in [2.24, 2.45) is 4.99 Å². The molecule has 2 aromatic carbocycles. The Kier molecular flexibility index (Phi) is 5.35. The molecule has 0 fully saturated rings. The van der Waals surface area contributed by atoms with E-state index in [0.29, 0.717) is 28.1 Å². The van der Waals surface area contributed by atoms with E-state index in [0.717, 1.165) is 23.1 Å². The second-order valence-corrected chi connectivity index (χ2v) is 8.89. The van der Waals surface area contributed by atoms with E-state index >= 15 is 0 Å². The fraction of sp³-hybridized carbons (Fsp3) is 0.250. The second kappa shape index (κ2) is 7.82. The van der Waals surface area contributed by atoms with Crippen LogP contribution in [0.5, 0.6) is 5.75 Å². The van der Waals surface area contributed by atoms with Crippen molar-refractivity contribution >= 4 is 27.4 Å². The van der Waals surface area contributed by atoms with Gasteiger partial charge in [-0.2, -0.15) is 8.42 Å². The summed E-state index contributed by atoms with van der Waals surface area (Å²) < 4.78 is 35.6. The maximum absolute atomic E-state index is 11.6. The molecule has 30 heavy (non-hydrogen) atoms. The van der Waals surface area contributed by atoms with Gasteiger partial charge in [0.05, 0.1) is 31.4 Å². The second-order valence-electron chi connectivity index (χ2n) is 6.81. The molecule has 0 N–H and O–H groups in total. The highest BCUT2D eigenvalue weighted by molar-refractivity contribution is 7.85. The molecule has 10 heteroatoms. The summed E-state index contributed by atoms with van der Waals surface area (Å²) in [4.78, 5) is 4.86. The number of hydrogen-bond acceptors (Lipinski definition) is 7. The third kappa shape index (κ3) is 3.96. The Labute approximate surface area is 179 Å². The van der Waals surface area contributed by atoms with Crippen molar-refractivity contribution in [2.45, 2.75) is 13.0 Å². The van der Waals surface area contributed by atoms with Crippen LogP contribution in [0, 0.1) is 6.92 Å². The standard InChI is InChI=1S/C20H19ClN4O4S/c1-12-23-24-20-17(11-29-30(3,26)27)22-19(13-4-6-14(21)7-5-13)16-10-15(28-2)8-9-18(16)25(12)20/h4-10,17H,11H2,1-3H3. The molecule has 0 spiro atoms. The average molecular weight is 447 g/mol. The minimum atomic E-state index is -3.66. The van der Waals surface area contributed by atoms with Gasteiger partial charge in [0.1, 0.15) is 17.6 Å². The van der Waals surface area contributed by atoms with Crippen LogP contribution < -0.4 is 4.74 Å². The average Bonchev–Trinajstić information content (AvgIpc) is 3.02. The Morgan fingerprint density at radius 3 is 2.53 bits per heavy atom. The smallest absolute Gasteiger partial charge is 0.264 e. The summed E-state index contributed by atoms with van der Waals surface area (Å²) in [5.74, 6) is 1.80. The van der Waals surface area contributed by atoms with Crippen molar-refractivity contribution < 1.29 is 17.3 Å². The van der Waals surface area contributed by atoms with Gasteiger partial charge in [-0.25, -0.2) is 0 Å². The van der Waals surface area contributed by atoms with Crippen LogP contribution >= 0.6 is 11.6 Å². The van der Waals surface area contributed by atoms with Gasteiger partial charge in [0.15, 0.2) is 5.82 Å². The summed E-state index contributed by atoms with van der Waals surface area (Å²) in [6.45, 7) is 1.63. The number of aromatic nitrogens is 3. The molecule has 0 aliphatic carbocycles. The molecular formula is C20H19ClN4O4S. The summed E-state index contributed by atoms with van der Waals surface area (Å²) in [7, 11) is -2.07. The number of fused-ring (bicyclic) bond motifs is 3. The molecule has 2 heterocycles. The first-order valence-corrected chi connectivity index (χ1v) is 11.2. The van der Waals surface area contributed by atoms with E-state index in [9.17, 15) is 8.42 Å². The maximum atomic E-state index is 11.6. The SMILES string of the molecule is COc1ccc2c(c1)C(c1ccc(Cl)cc1)=NC(COS(C)(=O)=O)c1nnc(C)n1-2. The quantitative estimate of drug-likeness (QED) is 0.559. The number of aliphatic imine (C=N–C) groups is 1. The van der Waals surface area contributed by atoms with Crippen LogP contribution in [0.25, 0.3) is 5.69 Å². The minimum Gasteiger partial charge on any atom is -0.497 e. The van der Waals surface area contributed by atoms with E-state index in [1.54, 1.807) is 19.2 Å². The van der Waals surface area contributed by atoms with Gasteiger partial charge in [-0.15, -0.1) is 10.2 Å². The first-order valence-electron chi connectivity index (χ1n) is 9.05. The molecule has 0 saturated heterocycles. The number of halogens is 1. The minimum absolute atomic E-state index is 0.195. The normalized spacial score (nSPS) is 15.7. The van der Waals surface area contributed by atoms with E-state index in [1.807, 2.05) is 41.8 Å². The zero-order valence-corrected chi connectivity index (χ0v) is 18.1. The molecule has 3 aromatic rings. The van der Waals surface area contributed by atoms with Crippen LogP contribution in [0.3, 0.4) is 0 Å². The summed E-state index contributed by atoms with van der Waals surface area (Å²) in [6.07, 6.45) is 1.00. The van der Waals surface area contributed by atoms with Crippen LogP contribution in [0.4, 0.5) is 0 Å². The highest BCUT2D eigenvalue weighted by atomic mass is 35.5. The van der Waals surface area contributed by atoms with Crippen molar-refractivity contribution in [2.75, 3.05) is 20.0 Å². The highest BCUT2D eigenvalue weighted by Crippen LogP contribution is 2.33. The topological polar surface area (TPSA) is 95.7 Å². The predicted molar refractivity (Wildman–Crippen MR) is 113 cm³/mol. The molecule has 0 saturated carbocycles. The van der Waals surface area contributed by atoms with E-state index < -0.39 is 16.2 Å². The molecule has 8 nitrogen and oxygen atoms in total. The van der Waals surface area contributed by atoms with Crippen LogP contribution in [0.1, 0.15) is 28.8 Å². The number of methoxy groups -OCH3 is 1. The molecule has 4 rings (SSSR count). The summed E-state index contributed by atoms with van der Waals surface area (Å²) >= 11 is 6.07. The largest absolute Gasteiger partial charge is 0.497 e. The zero-order valence-electron chi connectivity index (χ0n) is 16.5. The third-order valence-corrected chi connectivity index (χ3v) is 5.51. The molecule has 1 aromatic heterocycles. The molecule has 1 atom stereocenters. The molecule has 156 valence electrons. The van der Waals surface area contributed by atoms with E-state index in [4.69, 9.17) is 25.5 Å². The fourth-order valence-electron chi connectivity index (χ4n) is 3.34. The molecule has 1 aliphatic heterocycles. The van der Waals surface area contributed by atoms with Crippen molar-refractivity contribution in [3.63, 3.8) is 0 Å². The van der Waals surface area contributed by atoms with Gasteiger partial charge >= 0.3 is 0 Å². The maximum Gasteiger partial charge on any atom is 0.264 e. The Hall–Kier alpha value is -2.75. The monoisotopic (exact) mass is 446 g/mol. The lowest BCUT2D eigenvalue weighted by Gasteiger charge is -2.14. The van der Waals surface area contributed by atoms with Crippen LogP contribution in [-0.2, 0) is 14.3 Å². The van der Waals surface area contributed by atoms with Gasteiger partial charge in [-0.3, -0.25) is 13.7 Å². The van der Waals surface area contributed by atoms with E-state index in [1.165, 1.54) is 0 Å². The van der Waals surface area contributed by atoms with Crippen molar-refractivity contribution in [3.8, 4) is 11.4 Å². The third-order valence-electron chi connectivity index (χ3n) is 4.69. The molecule has 1 aliphatic rings. The number of ether oxygens (including phenoxy) is 1. The highest BCUT2D eigenvalue weighted by Gasteiger charge is 2.29. The van der Waals surface area contributed by atoms with E-state index in [-0.39, 0.29) is 6.61 Å². The van der Waals surface area contributed by atoms with Crippen molar-refractivity contribution in [3.05, 3.63) is 70.3 Å². The lowest BCUT2D eigenvalue weighted by atomic mass is 10.00. The van der Waals surface area contributed by atoms with Crippen LogP contribution in [0.2, 0.25) is 5.02 Å². The summed E-state index contributed by atoms with van der Waals surface area (Å²) in [5, 5.41) is 9.04. The molecule has 0 amide bonds. The molecular weight excluding hydrogens is 428 g/mol. The first kappa shape index (κ1) is 20.5. The Bertz CT molecular complexity index is 1240. The fourth-order valence-corrected chi connectivity index (χ4v) is 3.84. The molecule has 1 unspecified atom stereocenters. The Morgan fingerprint density at radius 1 is 1.13 bits per heavy atom. The van der Waals surface area contributed by atoms with Gasteiger partial charge in [-0.1, -0.05) is 23.7 Å². The van der Waals surface area contributed by atoms with E-state index in [2.05, 4.69) is 10.2 Å².